The first-order valence-corrected chi connectivity index (χ1v) is 8.47. The SMILES string of the molecule is COc1ccc(CCNc2nc(-c3ccccc3)c(C)s2)cc1. The number of aryl methyl sites for hydroxylation is 1. The smallest absolute Gasteiger partial charge is 0.183 e. The Kier molecular flexibility index (Phi) is 4.93. The maximum atomic E-state index is 5.18. The van der Waals surface area contributed by atoms with Crippen molar-refractivity contribution >= 4 is 16.5 Å². The third-order valence-corrected chi connectivity index (χ3v) is 4.62. The molecule has 0 unspecified atom stereocenters. The highest BCUT2D eigenvalue weighted by atomic mass is 32.1. The number of rotatable bonds is 6. The molecule has 0 aliphatic carbocycles. The summed E-state index contributed by atoms with van der Waals surface area (Å²) in [6.45, 7) is 2.99. The van der Waals surface area contributed by atoms with Crippen molar-refractivity contribution in [1.29, 1.82) is 0 Å². The van der Waals surface area contributed by atoms with Crippen LogP contribution >= 0.6 is 11.3 Å². The Hall–Kier alpha value is -2.33. The molecule has 4 heteroatoms. The van der Waals surface area contributed by atoms with Crippen LogP contribution in [0.4, 0.5) is 5.13 Å². The first kappa shape index (κ1) is 15.6. The molecule has 0 atom stereocenters. The van der Waals surface area contributed by atoms with Gasteiger partial charge in [0.2, 0.25) is 0 Å². The Balaban J connectivity index is 1.60. The molecule has 0 aliphatic rings. The van der Waals surface area contributed by atoms with Crippen LogP contribution < -0.4 is 10.1 Å². The van der Waals surface area contributed by atoms with E-state index < -0.39 is 0 Å². The highest BCUT2D eigenvalue weighted by Gasteiger charge is 2.09. The van der Waals surface area contributed by atoms with Gasteiger partial charge in [-0.05, 0) is 31.0 Å². The van der Waals surface area contributed by atoms with Crippen LogP contribution in [0.3, 0.4) is 0 Å². The Morgan fingerprint density at radius 2 is 1.78 bits per heavy atom. The van der Waals surface area contributed by atoms with E-state index in [1.807, 2.05) is 30.3 Å². The molecule has 23 heavy (non-hydrogen) atoms. The average Bonchev–Trinajstić information content (AvgIpc) is 2.97. The van der Waals surface area contributed by atoms with Gasteiger partial charge in [-0.25, -0.2) is 4.98 Å². The fraction of sp³-hybridized carbons (Fsp3) is 0.211. The second kappa shape index (κ2) is 7.29. The molecule has 3 nitrogen and oxygen atoms in total. The van der Waals surface area contributed by atoms with Crippen LogP contribution in [0.1, 0.15) is 10.4 Å². The van der Waals surface area contributed by atoms with Gasteiger partial charge in [-0.2, -0.15) is 0 Å². The number of benzene rings is 2. The molecule has 0 saturated carbocycles. The van der Waals surface area contributed by atoms with Crippen LogP contribution in [-0.4, -0.2) is 18.6 Å². The minimum absolute atomic E-state index is 0.869. The normalized spacial score (nSPS) is 10.5. The number of ether oxygens (including phenoxy) is 1. The summed E-state index contributed by atoms with van der Waals surface area (Å²) in [7, 11) is 1.69. The zero-order chi connectivity index (χ0) is 16.1. The third kappa shape index (κ3) is 3.90. The molecule has 1 aromatic heterocycles. The molecule has 0 amide bonds. The highest BCUT2D eigenvalue weighted by molar-refractivity contribution is 7.16. The lowest BCUT2D eigenvalue weighted by Gasteiger charge is -2.04. The molecule has 0 aliphatic heterocycles. The van der Waals surface area contributed by atoms with Crippen molar-refractivity contribution in [3.63, 3.8) is 0 Å². The summed E-state index contributed by atoms with van der Waals surface area (Å²) in [4.78, 5) is 5.97. The van der Waals surface area contributed by atoms with Gasteiger partial charge in [-0.1, -0.05) is 42.5 Å². The molecule has 118 valence electrons. The molecule has 0 bridgehead atoms. The standard InChI is InChI=1S/C19H20N2OS/c1-14-18(16-6-4-3-5-7-16)21-19(23-14)20-13-12-15-8-10-17(22-2)11-9-15/h3-11H,12-13H2,1-2H3,(H,20,21). The molecule has 3 aromatic rings. The number of nitrogens with zero attached hydrogens (tertiary/aromatic N) is 1. The van der Waals surface area contributed by atoms with Crippen molar-refractivity contribution in [1.82, 2.24) is 4.98 Å². The van der Waals surface area contributed by atoms with Crippen LogP contribution in [0.25, 0.3) is 11.3 Å². The number of hydrogen-bond donors (Lipinski definition) is 1. The zero-order valence-corrected chi connectivity index (χ0v) is 14.2. The lowest BCUT2D eigenvalue weighted by atomic mass is 10.1. The molecule has 1 N–H and O–H groups in total. The molecule has 1 heterocycles. The predicted molar refractivity (Wildman–Crippen MR) is 97.5 cm³/mol. The van der Waals surface area contributed by atoms with E-state index in [4.69, 9.17) is 9.72 Å². The number of thiazole rings is 1. The van der Waals surface area contributed by atoms with Crippen LogP contribution in [0.5, 0.6) is 5.75 Å². The van der Waals surface area contributed by atoms with E-state index in [0.29, 0.717) is 0 Å². The van der Waals surface area contributed by atoms with Crippen LogP contribution in [-0.2, 0) is 6.42 Å². The molecule has 3 rings (SSSR count). The van der Waals surface area contributed by atoms with E-state index in [2.05, 4.69) is 36.5 Å². The van der Waals surface area contributed by atoms with Gasteiger partial charge < -0.3 is 10.1 Å². The van der Waals surface area contributed by atoms with Gasteiger partial charge in [0.25, 0.3) is 0 Å². The summed E-state index contributed by atoms with van der Waals surface area (Å²) in [5.74, 6) is 0.893. The fourth-order valence-corrected chi connectivity index (χ4v) is 3.30. The predicted octanol–water partition coefficient (Wildman–Crippen LogP) is 4.78. The second-order valence-electron chi connectivity index (χ2n) is 5.31. The van der Waals surface area contributed by atoms with E-state index in [9.17, 15) is 0 Å². The van der Waals surface area contributed by atoms with Gasteiger partial charge in [-0.3, -0.25) is 0 Å². The summed E-state index contributed by atoms with van der Waals surface area (Å²) in [6.07, 6.45) is 0.962. The van der Waals surface area contributed by atoms with E-state index in [0.717, 1.165) is 29.5 Å². The van der Waals surface area contributed by atoms with Crippen LogP contribution in [0.15, 0.2) is 54.6 Å². The Morgan fingerprint density at radius 1 is 1.04 bits per heavy atom. The van der Waals surface area contributed by atoms with Gasteiger partial charge in [0.05, 0.1) is 12.8 Å². The van der Waals surface area contributed by atoms with E-state index in [1.165, 1.54) is 16.0 Å². The second-order valence-corrected chi connectivity index (χ2v) is 6.52. The van der Waals surface area contributed by atoms with E-state index in [-0.39, 0.29) is 0 Å². The monoisotopic (exact) mass is 324 g/mol. The van der Waals surface area contributed by atoms with Gasteiger partial charge in [0.1, 0.15) is 5.75 Å². The summed E-state index contributed by atoms with van der Waals surface area (Å²) in [5.41, 5.74) is 3.53. The Labute approximate surface area is 141 Å². The largest absolute Gasteiger partial charge is 0.497 e. The molecule has 0 saturated heterocycles. The Morgan fingerprint density at radius 3 is 2.48 bits per heavy atom. The molecular weight excluding hydrogens is 304 g/mol. The van der Waals surface area contributed by atoms with Crippen molar-refractivity contribution in [2.45, 2.75) is 13.3 Å². The van der Waals surface area contributed by atoms with Gasteiger partial charge in [-0.15, -0.1) is 11.3 Å². The topological polar surface area (TPSA) is 34.1 Å². The van der Waals surface area contributed by atoms with Crippen molar-refractivity contribution in [3.05, 3.63) is 65.0 Å². The number of aromatic nitrogens is 1. The number of methoxy groups -OCH3 is 1. The van der Waals surface area contributed by atoms with Gasteiger partial charge in [0.15, 0.2) is 5.13 Å². The lowest BCUT2D eigenvalue weighted by molar-refractivity contribution is 0.414. The van der Waals surface area contributed by atoms with E-state index in [1.54, 1.807) is 18.4 Å². The van der Waals surface area contributed by atoms with Gasteiger partial charge >= 0.3 is 0 Å². The first-order chi connectivity index (χ1) is 11.3. The molecule has 2 aromatic carbocycles. The zero-order valence-electron chi connectivity index (χ0n) is 13.4. The van der Waals surface area contributed by atoms with Crippen molar-refractivity contribution < 1.29 is 4.74 Å². The van der Waals surface area contributed by atoms with Crippen LogP contribution in [0.2, 0.25) is 0 Å². The Bertz CT molecular complexity index is 751. The lowest BCUT2D eigenvalue weighted by Crippen LogP contribution is -2.04. The van der Waals surface area contributed by atoms with E-state index >= 15 is 0 Å². The molecule has 0 radical (unpaired) electrons. The van der Waals surface area contributed by atoms with Crippen molar-refractivity contribution in [2.24, 2.45) is 0 Å². The molecule has 0 spiro atoms. The average molecular weight is 324 g/mol. The molecule has 0 fully saturated rings. The summed E-state index contributed by atoms with van der Waals surface area (Å²) in [6, 6.07) is 18.5. The maximum absolute atomic E-state index is 5.18. The van der Waals surface area contributed by atoms with Crippen LogP contribution in [0, 0.1) is 6.92 Å². The third-order valence-electron chi connectivity index (χ3n) is 3.69. The fourth-order valence-electron chi connectivity index (χ4n) is 2.44. The van der Waals surface area contributed by atoms with Gasteiger partial charge in [0, 0.05) is 17.0 Å². The van der Waals surface area contributed by atoms with Crippen molar-refractivity contribution in [2.75, 3.05) is 19.0 Å². The number of nitrogens with one attached hydrogen (secondary N) is 1. The maximum Gasteiger partial charge on any atom is 0.183 e. The summed E-state index contributed by atoms with van der Waals surface area (Å²) >= 11 is 1.71. The minimum atomic E-state index is 0.869. The summed E-state index contributed by atoms with van der Waals surface area (Å²) in [5, 5.41) is 4.41. The summed E-state index contributed by atoms with van der Waals surface area (Å²) < 4.78 is 5.18. The highest BCUT2D eigenvalue weighted by Crippen LogP contribution is 2.30. The first-order valence-electron chi connectivity index (χ1n) is 7.66. The number of hydrogen-bond acceptors (Lipinski definition) is 4. The van der Waals surface area contributed by atoms with Crippen molar-refractivity contribution in [3.8, 4) is 17.0 Å². The molecular formula is C19H20N2OS. The minimum Gasteiger partial charge on any atom is -0.497 e. The number of anilines is 1. The quantitative estimate of drug-likeness (QED) is 0.708.